The minimum atomic E-state index is -0.233. The summed E-state index contributed by atoms with van der Waals surface area (Å²) in [7, 11) is 0. The molecule has 0 saturated heterocycles. The number of halogens is 1. The van der Waals surface area contributed by atoms with E-state index in [0.717, 1.165) is 12.8 Å². The molecule has 96 valence electrons. The fourth-order valence-corrected chi connectivity index (χ4v) is 4.53. The average molecular weight is 340 g/mol. The van der Waals surface area contributed by atoms with Gasteiger partial charge in [0.1, 0.15) is 0 Å². The van der Waals surface area contributed by atoms with Crippen molar-refractivity contribution in [2.45, 2.75) is 70.0 Å². The highest BCUT2D eigenvalue weighted by Gasteiger charge is 2.43. The third kappa shape index (κ3) is 4.88. The molecule has 0 spiro atoms. The second-order valence-electron chi connectivity index (χ2n) is 7.02. The first kappa shape index (κ1) is 14.7. The highest BCUT2D eigenvalue weighted by Crippen LogP contribution is 2.49. The molecule has 0 amide bonds. The van der Waals surface area contributed by atoms with Crippen LogP contribution in [0.15, 0.2) is 0 Å². The molecular formula is C13H25IO2. The Morgan fingerprint density at radius 2 is 1.75 bits per heavy atom. The summed E-state index contributed by atoms with van der Waals surface area (Å²) in [6, 6.07) is 0. The van der Waals surface area contributed by atoms with E-state index in [1.54, 1.807) is 0 Å². The zero-order chi connectivity index (χ0) is 12.6. The molecular weight excluding hydrogens is 315 g/mol. The molecule has 0 radical (unpaired) electrons. The predicted molar refractivity (Wildman–Crippen MR) is 75.5 cm³/mol. The fraction of sp³-hybridized carbons (Fsp3) is 1.00. The molecule has 1 fully saturated rings. The SMILES string of the molecule is CC1CC(C)(C)CC(I)(OOC(C)(C)C)C1. The number of hydrogen-bond acceptors (Lipinski definition) is 2. The van der Waals surface area contributed by atoms with E-state index in [4.69, 9.17) is 9.78 Å². The number of hydrogen-bond donors (Lipinski definition) is 0. The van der Waals surface area contributed by atoms with E-state index >= 15 is 0 Å². The van der Waals surface area contributed by atoms with Crippen LogP contribution in [0.3, 0.4) is 0 Å². The third-order valence-electron chi connectivity index (χ3n) is 2.74. The van der Waals surface area contributed by atoms with Crippen molar-refractivity contribution in [3.8, 4) is 0 Å². The van der Waals surface area contributed by atoms with Gasteiger partial charge < -0.3 is 0 Å². The summed E-state index contributed by atoms with van der Waals surface area (Å²) < 4.78 is -0.161. The molecule has 1 saturated carbocycles. The highest BCUT2D eigenvalue weighted by atomic mass is 127. The molecule has 0 aromatic heterocycles. The number of alkyl halides is 1. The van der Waals surface area contributed by atoms with Crippen molar-refractivity contribution in [2.75, 3.05) is 0 Å². The van der Waals surface area contributed by atoms with E-state index < -0.39 is 0 Å². The van der Waals surface area contributed by atoms with E-state index in [1.165, 1.54) is 6.42 Å². The van der Waals surface area contributed by atoms with Crippen LogP contribution in [-0.2, 0) is 9.78 Å². The standard InChI is InChI=1S/C13H25IO2/c1-10-7-12(5,6)9-13(14,8-10)16-15-11(2,3)4/h10H,7-9H2,1-6H3. The average Bonchev–Trinajstić information content (AvgIpc) is 1.94. The van der Waals surface area contributed by atoms with Crippen molar-refractivity contribution in [3.63, 3.8) is 0 Å². The normalized spacial score (nSPS) is 35.1. The maximum atomic E-state index is 5.73. The fourth-order valence-electron chi connectivity index (χ4n) is 2.66. The quantitative estimate of drug-likeness (QED) is 0.314. The molecule has 0 bridgehead atoms. The smallest absolute Gasteiger partial charge is 0.155 e. The van der Waals surface area contributed by atoms with Crippen LogP contribution < -0.4 is 0 Å². The van der Waals surface area contributed by atoms with E-state index in [1.807, 2.05) is 20.8 Å². The highest BCUT2D eigenvalue weighted by molar-refractivity contribution is 14.1. The number of rotatable bonds is 2. The molecule has 0 N–H and O–H groups in total. The molecule has 2 nitrogen and oxygen atoms in total. The van der Waals surface area contributed by atoms with Gasteiger partial charge in [0, 0.05) is 0 Å². The Bertz CT molecular complexity index is 245. The Morgan fingerprint density at radius 1 is 1.19 bits per heavy atom. The first-order chi connectivity index (χ1) is 7.02. The van der Waals surface area contributed by atoms with E-state index in [-0.39, 0.29) is 9.21 Å². The van der Waals surface area contributed by atoms with Crippen LogP contribution >= 0.6 is 22.6 Å². The first-order valence-corrected chi connectivity index (χ1v) is 7.15. The maximum Gasteiger partial charge on any atom is 0.155 e. The molecule has 3 heteroatoms. The molecule has 0 heterocycles. The summed E-state index contributed by atoms with van der Waals surface area (Å²) in [5.74, 6) is 0.698. The Balaban J connectivity index is 2.62. The molecule has 2 atom stereocenters. The lowest BCUT2D eigenvalue weighted by atomic mass is 9.71. The summed E-state index contributed by atoms with van der Waals surface area (Å²) in [5, 5.41) is 0. The zero-order valence-electron chi connectivity index (χ0n) is 11.4. The van der Waals surface area contributed by atoms with Crippen LogP contribution in [0.25, 0.3) is 0 Å². The van der Waals surface area contributed by atoms with Gasteiger partial charge in [-0.15, -0.1) is 0 Å². The van der Waals surface area contributed by atoms with Crippen molar-refractivity contribution in [1.29, 1.82) is 0 Å². The summed E-state index contributed by atoms with van der Waals surface area (Å²) in [6.07, 6.45) is 3.41. The summed E-state index contributed by atoms with van der Waals surface area (Å²) in [6.45, 7) is 13.0. The van der Waals surface area contributed by atoms with Gasteiger partial charge in [0.15, 0.2) is 3.61 Å². The summed E-state index contributed by atoms with van der Waals surface area (Å²) in [5.41, 5.74) is 0.114. The Morgan fingerprint density at radius 3 is 2.19 bits per heavy atom. The zero-order valence-corrected chi connectivity index (χ0v) is 13.6. The van der Waals surface area contributed by atoms with Gasteiger partial charge in [-0.2, -0.15) is 0 Å². The molecule has 1 rings (SSSR count). The van der Waals surface area contributed by atoms with Gasteiger partial charge in [-0.05, 0) is 74.0 Å². The lowest BCUT2D eigenvalue weighted by Gasteiger charge is -2.43. The van der Waals surface area contributed by atoms with Crippen LogP contribution in [0, 0.1) is 11.3 Å². The Labute approximate surface area is 114 Å². The van der Waals surface area contributed by atoms with Crippen molar-refractivity contribution < 1.29 is 9.78 Å². The van der Waals surface area contributed by atoms with Gasteiger partial charge in [0.2, 0.25) is 0 Å². The van der Waals surface area contributed by atoms with E-state index in [2.05, 4.69) is 43.4 Å². The molecule has 0 aromatic rings. The van der Waals surface area contributed by atoms with Gasteiger partial charge in [0.25, 0.3) is 0 Å². The van der Waals surface area contributed by atoms with Crippen LogP contribution in [-0.4, -0.2) is 9.21 Å². The second-order valence-corrected chi connectivity index (χ2v) is 8.98. The van der Waals surface area contributed by atoms with Crippen LogP contribution in [0.1, 0.15) is 60.8 Å². The van der Waals surface area contributed by atoms with Gasteiger partial charge in [-0.3, -0.25) is 0 Å². The Kier molecular flexibility index (Phi) is 4.35. The predicted octanol–water partition coefficient (Wildman–Crippen LogP) is 4.71. The molecule has 0 aliphatic heterocycles. The minimum Gasteiger partial charge on any atom is -0.230 e. The Hall–Kier alpha value is 0.650. The van der Waals surface area contributed by atoms with Crippen LogP contribution in [0.4, 0.5) is 0 Å². The first-order valence-electron chi connectivity index (χ1n) is 6.07. The van der Waals surface area contributed by atoms with Crippen LogP contribution in [0.5, 0.6) is 0 Å². The minimum absolute atomic E-state index is 0.161. The van der Waals surface area contributed by atoms with Crippen molar-refractivity contribution in [1.82, 2.24) is 0 Å². The van der Waals surface area contributed by atoms with Gasteiger partial charge in [0.05, 0.1) is 5.60 Å². The summed E-state index contributed by atoms with van der Waals surface area (Å²) >= 11 is 2.42. The summed E-state index contributed by atoms with van der Waals surface area (Å²) in [4.78, 5) is 11.2. The monoisotopic (exact) mass is 340 g/mol. The van der Waals surface area contributed by atoms with Crippen LogP contribution in [0.2, 0.25) is 0 Å². The van der Waals surface area contributed by atoms with Crippen molar-refractivity contribution in [2.24, 2.45) is 11.3 Å². The lowest BCUT2D eigenvalue weighted by molar-refractivity contribution is -0.386. The topological polar surface area (TPSA) is 18.5 Å². The third-order valence-corrected chi connectivity index (χ3v) is 3.74. The van der Waals surface area contributed by atoms with Crippen molar-refractivity contribution >= 4 is 22.6 Å². The lowest BCUT2D eigenvalue weighted by Crippen LogP contribution is -2.41. The van der Waals surface area contributed by atoms with E-state index in [0.29, 0.717) is 11.3 Å². The molecule has 1 aliphatic carbocycles. The van der Waals surface area contributed by atoms with Gasteiger partial charge in [-0.25, -0.2) is 9.78 Å². The van der Waals surface area contributed by atoms with Gasteiger partial charge >= 0.3 is 0 Å². The van der Waals surface area contributed by atoms with Crippen molar-refractivity contribution in [3.05, 3.63) is 0 Å². The second kappa shape index (κ2) is 4.73. The molecule has 2 unspecified atom stereocenters. The van der Waals surface area contributed by atoms with Gasteiger partial charge in [-0.1, -0.05) is 20.8 Å². The maximum absolute atomic E-state index is 5.73. The molecule has 1 aliphatic rings. The largest absolute Gasteiger partial charge is 0.230 e. The van der Waals surface area contributed by atoms with E-state index in [9.17, 15) is 0 Å². The molecule has 0 aromatic carbocycles. The molecule has 16 heavy (non-hydrogen) atoms.